The Morgan fingerprint density at radius 2 is 1.66 bits per heavy atom. The molecule has 3 amide bonds. The highest BCUT2D eigenvalue weighted by Crippen LogP contribution is 2.24. The number of rotatable bonds is 14. The monoisotopic (exact) mass is 581 g/mol. The number of nitrogen functional groups attached to an aromatic ring is 1. The van der Waals surface area contributed by atoms with Gasteiger partial charge in [0.15, 0.2) is 0 Å². The van der Waals surface area contributed by atoms with Gasteiger partial charge in [0.05, 0.1) is 17.4 Å². The van der Waals surface area contributed by atoms with E-state index < -0.39 is 28.1 Å². The number of benzene rings is 3. The van der Waals surface area contributed by atoms with Crippen molar-refractivity contribution < 1.29 is 27.9 Å². The van der Waals surface area contributed by atoms with E-state index in [4.69, 9.17) is 5.73 Å². The number of carbonyl (C=O) groups excluding carboxylic acids is 2. The molecule has 41 heavy (non-hydrogen) atoms. The minimum atomic E-state index is -4.05. The molecule has 0 aliphatic heterocycles. The van der Waals surface area contributed by atoms with Gasteiger partial charge in [-0.25, -0.2) is 13.2 Å². The summed E-state index contributed by atoms with van der Waals surface area (Å²) < 4.78 is 28.7. The van der Waals surface area contributed by atoms with Crippen LogP contribution in [0, 0.1) is 0 Å². The van der Waals surface area contributed by atoms with Crippen molar-refractivity contribution in [3.8, 4) is 0 Å². The van der Waals surface area contributed by atoms with E-state index in [2.05, 4.69) is 20.7 Å². The first-order valence-corrected chi connectivity index (χ1v) is 14.7. The first-order valence-electron chi connectivity index (χ1n) is 13.2. The van der Waals surface area contributed by atoms with Crippen LogP contribution in [0.4, 0.5) is 21.9 Å². The fourth-order valence-electron chi connectivity index (χ4n) is 4.02. The molecule has 3 aromatic carbocycles. The molecular weight excluding hydrogens is 546 g/mol. The number of carboxylic acid groups (broad SMARTS) is 1. The molecule has 3 rings (SSSR count). The van der Waals surface area contributed by atoms with Crippen molar-refractivity contribution in [3.05, 3.63) is 83.9 Å². The van der Waals surface area contributed by atoms with Gasteiger partial charge >= 0.3 is 12.0 Å². The number of carboxylic acids is 1. The minimum Gasteiger partial charge on any atom is -0.481 e. The van der Waals surface area contributed by atoms with E-state index in [1.165, 1.54) is 30.3 Å². The summed E-state index contributed by atoms with van der Waals surface area (Å²) in [6.07, 6.45) is 1.78. The number of sulfonamides is 1. The Balaban J connectivity index is 1.68. The van der Waals surface area contributed by atoms with Crippen LogP contribution in [0.2, 0.25) is 0 Å². The number of aliphatic carboxylic acids is 1. The molecule has 7 N–H and O–H groups in total. The summed E-state index contributed by atoms with van der Waals surface area (Å²) in [5.74, 6) is -1.43. The summed E-state index contributed by atoms with van der Waals surface area (Å²) in [7, 11) is -4.05. The van der Waals surface area contributed by atoms with Crippen LogP contribution in [-0.2, 0) is 26.0 Å². The van der Waals surface area contributed by atoms with E-state index in [9.17, 15) is 27.9 Å². The third kappa shape index (κ3) is 10.2. The number of hydrogen-bond acceptors (Lipinski definition) is 6. The van der Waals surface area contributed by atoms with Gasteiger partial charge in [0.2, 0.25) is 5.91 Å². The molecule has 0 saturated heterocycles. The summed E-state index contributed by atoms with van der Waals surface area (Å²) in [5, 5.41) is 17.4. The van der Waals surface area contributed by atoms with Crippen molar-refractivity contribution in [2.24, 2.45) is 0 Å². The molecule has 0 aromatic heterocycles. The summed E-state index contributed by atoms with van der Waals surface area (Å²) in [6, 6.07) is 18.1. The van der Waals surface area contributed by atoms with Crippen molar-refractivity contribution >= 4 is 45.0 Å². The summed E-state index contributed by atoms with van der Waals surface area (Å²) >= 11 is 0. The fourth-order valence-corrected chi connectivity index (χ4v) is 5.11. The lowest BCUT2D eigenvalue weighted by Crippen LogP contribution is -2.30. The molecule has 12 heteroatoms. The molecule has 11 nitrogen and oxygen atoms in total. The molecule has 0 heterocycles. The highest BCUT2D eigenvalue weighted by molar-refractivity contribution is 7.92. The predicted octanol–water partition coefficient (Wildman–Crippen LogP) is 4.26. The quantitative estimate of drug-likeness (QED) is 0.154. The van der Waals surface area contributed by atoms with Crippen LogP contribution >= 0.6 is 0 Å². The second-order valence-electron chi connectivity index (χ2n) is 9.45. The maximum atomic E-state index is 13.1. The molecule has 0 bridgehead atoms. The molecule has 0 spiro atoms. The number of anilines is 3. The predicted molar refractivity (Wildman–Crippen MR) is 158 cm³/mol. The lowest BCUT2D eigenvalue weighted by atomic mass is 10.0. The highest BCUT2D eigenvalue weighted by Gasteiger charge is 2.20. The third-order valence-electron chi connectivity index (χ3n) is 6.04. The zero-order valence-electron chi connectivity index (χ0n) is 22.7. The maximum Gasteiger partial charge on any atom is 0.319 e. The minimum absolute atomic E-state index is 0.0762. The highest BCUT2D eigenvalue weighted by atomic mass is 32.2. The smallest absolute Gasteiger partial charge is 0.319 e. The fraction of sp³-hybridized carbons (Fsp3) is 0.276. The zero-order valence-corrected chi connectivity index (χ0v) is 23.5. The number of urea groups is 1. The van der Waals surface area contributed by atoms with Gasteiger partial charge in [0.1, 0.15) is 0 Å². The Kier molecular flexibility index (Phi) is 11.1. The number of nitrogens with two attached hydrogens (primary N) is 1. The van der Waals surface area contributed by atoms with Gasteiger partial charge in [0, 0.05) is 30.0 Å². The summed E-state index contributed by atoms with van der Waals surface area (Å²) in [6.45, 7) is 2.39. The van der Waals surface area contributed by atoms with Crippen LogP contribution in [0.5, 0.6) is 0 Å². The second-order valence-corrected chi connectivity index (χ2v) is 11.1. The third-order valence-corrected chi connectivity index (χ3v) is 7.42. The zero-order chi connectivity index (χ0) is 29.8. The number of amides is 3. The van der Waals surface area contributed by atoms with E-state index in [0.29, 0.717) is 36.3 Å². The molecule has 0 fully saturated rings. The molecule has 0 aliphatic carbocycles. The van der Waals surface area contributed by atoms with E-state index in [0.717, 1.165) is 12.0 Å². The standard InChI is InChI=1S/C29H35N5O6S/c1-2-16-31-29(38)32-23-8-5-10-25(18-23)41(39,40)34-24-9-4-7-21(17-24)26(19-28(36)37)33-27(35)11-3-6-20-12-14-22(30)15-13-20/h4-5,7-10,12-15,17-18,26,34H,2-3,6,11,16,19,30H2,1H3,(H,33,35)(H,36,37)(H2,31,32,38)/t26-/m1/s1. The summed E-state index contributed by atoms with van der Waals surface area (Å²) in [4.78, 5) is 36.1. The van der Waals surface area contributed by atoms with Gasteiger partial charge in [-0.1, -0.05) is 37.3 Å². The molecule has 0 aliphatic rings. The molecular formula is C29H35N5O6S. The first kappa shape index (κ1) is 31.0. The number of nitrogens with one attached hydrogen (secondary N) is 4. The van der Waals surface area contributed by atoms with E-state index >= 15 is 0 Å². The van der Waals surface area contributed by atoms with Gasteiger partial charge in [-0.3, -0.25) is 14.3 Å². The molecule has 218 valence electrons. The van der Waals surface area contributed by atoms with E-state index in [1.54, 1.807) is 30.3 Å². The van der Waals surface area contributed by atoms with Crippen molar-refractivity contribution in [3.63, 3.8) is 0 Å². The Hall–Kier alpha value is -4.58. The van der Waals surface area contributed by atoms with Crippen molar-refractivity contribution in [1.82, 2.24) is 10.6 Å². The van der Waals surface area contributed by atoms with Crippen LogP contribution in [-0.4, -0.2) is 38.0 Å². The Bertz CT molecular complexity index is 1460. The van der Waals surface area contributed by atoms with Crippen LogP contribution in [0.1, 0.15) is 49.8 Å². The Morgan fingerprint density at radius 1 is 0.951 bits per heavy atom. The molecule has 0 radical (unpaired) electrons. The Labute approximate surface area is 239 Å². The van der Waals surface area contributed by atoms with Gasteiger partial charge in [-0.15, -0.1) is 0 Å². The van der Waals surface area contributed by atoms with Gasteiger partial charge in [0.25, 0.3) is 10.0 Å². The maximum absolute atomic E-state index is 13.1. The number of carbonyl (C=O) groups is 3. The van der Waals surface area contributed by atoms with E-state index in [-0.39, 0.29) is 29.3 Å². The number of aryl methyl sites for hydroxylation is 1. The van der Waals surface area contributed by atoms with Crippen molar-refractivity contribution in [2.75, 3.05) is 22.3 Å². The van der Waals surface area contributed by atoms with Crippen LogP contribution in [0.3, 0.4) is 0 Å². The molecule has 3 aromatic rings. The molecule has 0 saturated carbocycles. The normalized spacial score (nSPS) is 11.7. The van der Waals surface area contributed by atoms with Crippen LogP contribution in [0.15, 0.2) is 77.7 Å². The van der Waals surface area contributed by atoms with Crippen molar-refractivity contribution in [1.29, 1.82) is 0 Å². The van der Waals surface area contributed by atoms with E-state index in [1.807, 2.05) is 19.1 Å². The lowest BCUT2D eigenvalue weighted by molar-refractivity contribution is -0.137. The Morgan fingerprint density at radius 3 is 2.37 bits per heavy atom. The topological polar surface area (TPSA) is 180 Å². The second kappa shape index (κ2) is 14.7. The number of hydrogen-bond donors (Lipinski definition) is 6. The SMILES string of the molecule is CCCNC(=O)Nc1cccc(S(=O)(=O)Nc2cccc([C@@H](CC(=O)O)NC(=O)CCCc3ccc(N)cc3)c2)c1. The average Bonchev–Trinajstić information content (AvgIpc) is 2.92. The van der Waals surface area contributed by atoms with Gasteiger partial charge in [-0.05, 0) is 72.9 Å². The van der Waals surface area contributed by atoms with Crippen LogP contribution < -0.4 is 26.4 Å². The molecule has 1 atom stereocenters. The largest absolute Gasteiger partial charge is 0.481 e. The lowest BCUT2D eigenvalue weighted by Gasteiger charge is -2.19. The van der Waals surface area contributed by atoms with Crippen LogP contribution in [0.25, 0.3) is 0 Å². The molecule has 0 unspecified atom stereocenters. The summed E-state index contributed by atoms with van der Waals surface area (Å²) in [5.41, 5.74) is 8.32. The van der Waals surface area contributed by atoms with Gasteiger partial charge in [-0.2, -0.15) is 0 Å². The first-order chi connectivity index (χ1) is 19.6. The van der Waals surface area contributed by atoms with Gasteiger partial charge < -0.3 is 26.8 Å². The average molecular weight is 582 g/mol. The van der Waals surface area contributed by atoms with Crippen molar-refractivity contribution in [2.45, 2.75) is 50.0 Å².